The minimum absolute atomic E-state index is 0.828. The highest BCUT2D eigenvalue weighted by Gasteiger charge is 2.25. The maximum atomic E-state index is 7.05. The van der Waals surface area contributed by atoms with Gasteiger partial charge in [0.1, 0.15) is 0 Å². The van der Waals surface area contributed by atoms with Gasteiger partial charge < -0.3 is 22.9 Å². The molecule has 0 unspecified atom stereocenters. The maximum absolute atomic E-state index is 7.05. The van der Waals surface area contributed by atoms with Crippen LogP contribution in [0.4, 0.5) is 22.7 Å². The van der Waals surface area contributed by atoms with Gasteiger partial charge in [0.15, 0.2) is 0 Å². The summed E-state index contributed by atoms with van der Waals surface area (Å²) < 4.78 is 0. The Morgan fingerprint density at radius 2 is 0.694 bits per heavy atom. The molecule has 0 bridgehead atoms. The number of nitrogen functional groups attached to an aromatic ring is 4. The van der Waals surface area contributed by atoms with E-state index in [9.17, 15) is 0 Å². The molecule has 0 radical (unpaired) electrons. The predicted molar refractivity (Wildman–Crippen MR) is 238 cm³/mol. The lowest BCUT2D eigenvalue weighted by atomic mass is 10.0. The third kappa shape index (κ3) is 9.07. The fourth-order valence-electron chi connectivity index (χ4n) is 5.39. The van der Waals surface area contributed by atoms with Gasteiger partial charge >= 0.3 is 0 Å². The van der Waals surface area contributed by atoms with Crippen molar-refractivity contribution >= 4 is 129 Å². The lowest BCUT2D eigenvalue weighted by Crippen LogP contribution is -2.01. The molecule has 8 N–H and O–H groups in total. The molecule has 4 aromatic rings. The van der Waals surface area contributed by atoms with Gasteiger partial charge in [0.2, 0.25) is 0 Å². The van der Waals surface area contributed by atoms with Crippen LogP contribution in [-0.4, -0.2) is 48.0 Å². The summed E-state index contributed by atoms with van der Waals surface area (Å²) in [5.74, 6) is 3.68. The summed E-state index contributed by atoms with van der Waals surface area (Å²) in [5.41, 5.74) is 35.3. The molecule has 0 aromatic heterocycles. The summed E-state index contributed by atoms with van der Waals surface area (Å²) in [5, 5.41) is 0. The van der Waals surface area contributed by atoms with E-state index >= 15 is 0 Å². The first-order valence-electron chi connectivity index (χ1n) is 15.8. The van der Waals surface area contributed by atoms with E-state index in [1.807, 2.05) is 35.3 Å². The van der Waals surface area contributed by atoms with E-state index in [-0.39, 0.29) is 0 Å². The number of anilines is 4. The molecule has 0 aliphatic heterocycles. The minimum Gasteiger partial charge on any atom is -0.397 e. The van der Waals surface area contributed by atoms with Crippen LogP contribution in [0.3, 0.4) is 0 Å². The smallest absolute Gasteiger partial charge is 0.0597 e. The Labute approximate surface area is 331 Å². The molecule has 0 atom stereocenters. The first-order chi connectivity index (χ1) is 23.6. The number of benzene rings is 4. The first-order valence-corrected chi connectivity index (χ1v) is 25.4. The fourth-order valence-corrected chi connectivity index (χ4v) is 12.8. The highest BCUT2D eigenvalue weighted by Crippen LogP contribution is 2.54. The summed E-state index contributed by atoms with van der Waals surface area (Å²) in [7, 11) is 0. The second kappa shape index (κ2) is 19.3. The lowest BCUT2D eigenvalue weighted by molar-refractivity contribution is 1.20. The molecular weight excluding hydrogens is 777 g/mol. The molecule has 0 saturated heterocycles. The van der Waals surface area contributed by atoms with E-state index in [2.05, 4.69) is 89.1 Å². The van der Waals surface area contributed by atoms with Crippen molar-refractivity contribution < 1.29 is 0 Å². The van der Waals surface area contributed by atoms with Crippen LogP contribution in [0.2, 0.25) is 0 Å². The predicted octanol–water partition coefficient (Wildman–Crippen LogP) is 12.8. The van der Waals surface area contributed by atoms with E-state index in [1.54, 1.807) is 70.6 Å². The Balaban J connectivity index is 2.16. The Kier molecular flexibility index (Phi) is 16.2. The third-order valence-electron chi connectivity index (χ3n) is 7.55. The van der Waals surface area contributed by atoms with Crippen molar-refractivity contribution in [1.29, 1.82) is 0 Å². The van der Waals surface area contributed by atoms with Gasteiger partial charge in [0.05, 0.1) is 22.7 Å². The van der Waals surface area contributed by atoms with Crippen molar-refractivity contribution in [1.82, 2.24) is 0 Å². The highest BCUT2D eigenvalue weighted by molar-refractivity contribution is 8.02. The Bertz CT molecular complexity index is 1620. The van der Waals surface area contributed by atoms with E-state index in [1.165, 1.54) is 9.79 Å². The summed E-state index contributed by atoms with van der Waals surface area (Å²) in [6, 6.07) is 13.6. The van der Waals surface area contributed by atoms with Crippen LogP contribution in [0, 0.1) is 0 Å². The van der Waals surface area contributed by atoms with Crippen molar-refractivity contribution in [3.8, 4) is 22.3 Å². The van der Waals surface area contributed by atoms with E-state index in [0.29, 0.717) is 0 Å². The molecule has 264 valence electrons. The fraction of sp³-hybridized carbons (Fsp3) is 0.333. The molecule has 0 saturated carbocycles. The van der Waals surface area contributed by atoms with Crippen LogP contribution >= 0.6 is 106 Å². The van der Waals surface area contributed by atoms with E-state index in [4.69, 9.17) is 22.9 Å². The van der Waals surface area contributed by atoms with E-state index in [0.717, 1.165) is 107 Å². The standard InChI is InChI=1S/C36H46N4S9/c1-9-45-27-17-21(29(35(33(27)39)47-11-3)19-13-23(41-5)31(37)24(14-19)42-6)49-22-18-28(46-10-2)34(40)36(48-12-4)30(22)20-15-25(43-7)32(38)26(16-20)44-8/h13-18H,9-12,37-40H2,1-8H3. The van der Waals surface area contributed by atoms with Crippen molar-refractivity contribution in [3.05, 3.63) is 36.4 Å². The molecular formula is C36H46N4S9. The Hall–Kier alpha value is -0.770. The molecule has 0 aliphatic carbocycles. The van der Waals surface area contributed by atoms with Gasteiger partial charge in [-0.1, -0.05) is 39.5 Å². The Morgan fingerprint density at radius 3 is 0.959 bits per heavy atom. The second-order valence-corrected chi connectivity index (χ2v) is 20.0. The number of rotatable bonds is 16. The van der Waals surface area contributed by atoms with Crippen LogP contribution in [0.5, 0.6) is 0 Å². The molecule has 0 fully saturated rings. The quantitative estimate of drug-likeness (QED) is 0.0637. The van der Waals surface area contributed by atoms with Gasteiger partial charge in [-0.2, -0.15) is 0 Å². The topological polar surface area (TPSA) is 104 Å². The summed E-state index contributed by atoms with van der Waals surface area (Å²) in [6.45, 7) is 8.75. The number of hydrogen-bond acceptors (Lipinski definition) is 13. The number of nitrogens with two attached hydrogens (primary N) is 4. The summed E-state index contributed by atoms with van der Waals surface area (Å²) in [4.78, 5) is 11.1. The van der Waals surface area contributed by atoms with Crippen LogP contribution in [0.15, 0.2) is 85.4 Å². The molecule has 4 nitrogen and oxygen atoms in total. The molecule has 0 amide bonds. The molecule has 13 heteroatoms. The summed E-state index contributed by atoms with van der Waals surface area (Å²) >= 11 is 15.8. The van der Waals surface area contributed by atoms with E-state index < -0.39 is 0 Å². The minimum atomic E-state index is 0.828. The van der Waals surface area contributed by atoms with Crippen molar-refractivity contribution in [2.24, 2.45) is 0 Å². The monoisotopic (exact) mass is 822 g/mol. The van der Waals surface area contributed by atoms with Crippen LogP contribution in [0.25, 0.3) is 22.3 Å². The van der Waals surface area contributed by atoms with Crippen LogP contribution < -0.4 is 22.9 Å². The SMILES string of the molecule is CCSc1cc(Sc2cc(SCC)c(N)c(SCC)c2-c2cc(SC)c(N)c(SC)c2)c(-c2cc(SC)c(N)c(SC)c2)c(SCC)c1N. The zero-order chi connectivity index (χ0) is 35.8. The highest BCUT2D eigenvalue weighted by atomic mass is 32.2. The van der Waals surface area contributed by atoms with Gasteiger partial charge in [-0.25, -0.2) is 0 Å². The summed E-state index contributed by atoms with van der Waals surface area (Å²) in [6.07, 6.45) is 8.35. The molecule has 4 rings (SSSR count). The Morgan fingerprint density at radius 1 is 0.388 bits per heavy atom. The molecule has 0 spiro atoms. The molecule has 4 aromatic carbocycles. The number of thioether (sulfide) groups is 8. The molecule has 0 heterocycles. The van der Waals surface area contributed by atoms with Gasteiger partial charge in [-0.05, 0) is 95.6 Å². The average molecular weight is 823 g/mol. The molecule has 49 heavy (non-hydrogen) atoms. The first kappa shape index (κ1) is 41.0. The van der Waals surface area contributed by atoms with Crippen molar-refractivity contribution in [2.75, 3.05) is 71.0 Å². The van der Waals surface area contributed by atoms with Crippen LogP contribution in [0.1, 0.15) is 27.7 Å². The number of hydrogen-bond donors (Lipinski definition) is 4. The second-order valence-electron chi connectivity index (χ2n) is 10.4. The molecule has 0 aliphatic rings. The average Bonchev–Trinajstić information content (AvgIpc) is 3.09. The van der Waals surface area contributed by atoms with Gasteiger partial charge in [-0.3, -0.25) is 0 Å². The van der Waals surface area contributed by atoms with Gasteiger partial charge in [-0.15, -0.1) is 94.1 Å². The zero-order valence-electron chi connectivity index (χ0n) is 29.3. The largest absolute Gasteiger partial charge is 0.397 e. The lowest BCUT2D eigenvalue weighted by Gasteiger charge is -2.24. The van der Waals surface area contributed by atoms with Crippen molar-refractivity contribution in [2.45, 2.75) is 76.6 Å². The van der Waals surface area contributed by atoms with Gasteiger partial charge in [0.25, 0.3) is 0 Å². The normalized spacial score (nSPS) is 11.4. The maximum Gasteiger partial charge on any atom is 0.0597 e. The van der Waals surface area contributed by atoms with Crippen LogP contribution in [-0.2, 0) is 0 Å². The zero-order valence-corrected chi connectivity index (χ0v) is 36.6. The van der Waals surface area contributed by atoms with Gasteiger partial charge in [0, 0.05) is 60.1 Å². The third-order valence-corrected chi connectivity index (χ3v) is 15.6. The van der Waals surface area contributed by atoms with Crippen molar-refractivity contribution in [3.63, 3.8) is 0 Å².